The predicted molar refractivity (Wildman–Crippen MR) is 83.8 cm³/mol. The molecule has 3 heteroatoms. The monoisotopic (exact) mass is 291 g/mol. The van der Waals surface area contributed by atoms with Gasteiger partial charge in [-0.15, -0.1) is 0 Å². The zero-order valence-corrected chi connectivity index (χ0v) is 13.4. The molecule has 1 aromatic heterocycles. The number of hydrogen-bond donors (Lipinski definition) is 1. The van der Waals surface area contributed by atoms with Gasteiger partial charge in [-0.25, -0.2) is 0 Å². The average Bonchev–Trinajstić information content (AvgIpc) is 3.18. The van der Waals surface area contributed by atoms with E-state index in [1.54, 1.807) is 6.26 Å². The largest absolute Gasteiger partial charge is 0.468 e. The Morgan fingerprint density at radius 1 is 1.29 bits per heavy atom. The van der Waals surface area contributed by atoms with Crippen LogP contribution in [0.4, 0.5) is 0 Å². The fourth-order valence-electron chi connectivity index (χ4n) is 3.77. The first-order valence-electron chi connectivity index (χ1n) is 8.58. The normalized spacial score (nSPS) is 30.2. The third kappa shape index (κ3) is 3.89. The Balaban J connectivity index is 1.61. The molecule has 118 valence electrons. The second-order valence-electron chi connectivity index (χ2n) is 7.38. The van der Waals surface area contributed by atoms with Crippen molar-refractivity contribution >= 4 is 0 Å². The van der Waals surface area contributed by atoms with E-state index in [1.807, 2.05) is 6.07 Å². The molecule has 1 heterocycles. The van der Waals surface area contributed by atoms with Gasteiger partial charge in [-0.05, 0) is 62.0 Å². The van der Waals surface area contributed by atoms with Crippen LogP contribution >= 0.6 is 0 Å². The molecule has 3 atom stereocenters. The summed E-state index contributed by atoms with van der Waals surface area (Å²) in [5.41, 5.74) is 0. The van der Waals surface area contributed by atoms with E-state index in [0.29, 0.717) is 12.0 Å². The molecule has 3 nitrogen and oxygen atoms in total. The van der Waals surface area contributed by atoms with E-state index in [4.69, 9.17) is 4.42 Å². The lowest BCUT2D eigenvalue weighted by atomic mass is 9.74. The highest BCUT2D eigenvalue weighted by atomic mass is 16.3. The van der Waals surface area contributed by atoms with Crippen molar-refractivity contribution in [3.8, 4) is 0 Å². The molecule has 3 rings (SSSR count). The average molecular weight is 291 g/mol. The van der Waals surface area contributed by atoms with Crippen LogP contribution in [0.15, 0.2) is 22.8 Å². The summed E-state index contributed by atoms with van der Waals surface area (Å²) in [5, 5.41) is 10.4. The standard InChI is InChI=1S/C18H29NO2/c1-13(2)14-5-8-18(20)15(10-14)11-19(16-6-7-16)12-17-4-3-9-21-17/h3-4,9,13-16,18,20H,5-8,10-12H2,1-2H3. The smallest absolute Gasteiger partial charge is 0.117 e. The van der Waals surface area contributed by atoms with E-state index in [0.717, 1.165) is 37.1 Å². The Bertz CT molecular complexity index is 424. The zero-order chi connectivity index (χ0) is 14.8. The first-order valence-corrected chi connectivity index (χ1v) is 8.58. The number of aliphatic hydroxyl groups excluding tert-OH is 1. The van der Waals surface area contributed by atoms with Crippen LogP contribution < -0.4 is 0 Å². The van der Waals surface area contributed by atoms with Gasteiger partial charge in [0.15, 0.2) is 0 Å². The summed E-state index contributed by atoms with van der Waals surface area (Å²) in [7, 11) is 0. The summed E-state index contributed by atoms with van der Waals surface area (Å²) in [5.74, 6) is 3.00. The van der Waals surface area contributed by atoms with Crippen molar-refractivity contribution in [2.75, 3.05) is 6.54 Å². The van der Waals surface area contributed by atoms with E-state index >= 15 is 0 Å². The Morgan fingerprint density at radius 2 is 2.10 bits per heavy atom. The van der Waals surface area contributed by atoms with Crippen molar-refractivity contribution in [3.05, 3.63) is 24.2 Å². The summed E-state index contributed by atoms with van der Waals surface area (Å²) < 4.78 is 5.51. The van der Waals surface area contributed by atoms with Gasteiger partial charge in [0.1, 0.15) is 5.76 Å². The van der Waals surface area contributed by atoms with Crippen molar-refractivity contribution in [1.29, 1.82) is 0 Å². The van der Waals surface area contributed by atoms with E-state index < -0.39 is 0 Å². The summed E-state index contributed by atoms with van der Waals surface area (Å²) in [4.78, 5) is 2.54. The maximum Gasteiger partial charge on any atom is 0.117 e. The fraction of sp³-hybridized carbons (Fsp3) is 0.778. The SMILES string of the molecule is CC(C)C1CCC(O)C(CN(Cc2ccco2)C2CC2)C1. The molecule has 1 N–H and O–H groups in total. The predicted octanol–water partition coefficient (Wildman–Crippen LogP) is 3.68. The van der Waals surface area contributed by atoms with Gasteiger partial charge in [-0.1, -0.05) is 13.8 Å². The van der Waals surface area contributed by atoms with Crippen molar-refractivity contribution in [2.24, 2.45) is 17.8 Å². The van der Waals surface area contributed by atoms with Crippen molar-refractivity contribution in [3.63, 3.8) is 0 Å². The third-order valence-corrected chi connectivity index (χ3v) is 5.40. The van der Waals surface area contributed by atoms with Crippen LogP contribution in [-0.4, -0.2) is 28.7 Å². The van der Waals surface area contributed by atoms with Crippen molar-refractivity contribution < 1.29 is 9.52 Å². The van der Waals surface area contributed by atoms with Crippen LogP contribution in [0.1, 0.15) is 51.7 Å². The Labute approximate surface area is 128 Å². The van der Waals surface area contributed by atoms with Crippen LogP contribution in [-0.2, 0) is 6.54 Å². The second kappa shape index (κ2) is 6.53. The van der Waals surface area contributed by atoms with Gasteiger partial charge in [0.2, 0.25) is 0 Å². The minimum atomic E-state index is -0.113. The van der Waals surface area contributed by atoms with E-state index in [-0.39, 0.29) is 6.10 Å². The maximum atomic E-state index is 10.4. The summed E-state index contributed by atoms with van der Waals surface area (Å²) in [6, 6.07) is 4.73. The van der Waals surface area contributed by atoms with E-state index in [2.05, 4.69) is 24.8 Å². The third-order valence-electron chi connectivity index (χ3n) is 5.40. The molecule has 3 unspecified atom stereocenters. The number of hydrogen-bond acceptors (Lipinski definition) is 3. The van der Waals surface area contributed by atoms with Crippen LogP contribution in [0.3, 0.4) is 0 Å². The highest BCUT2D eigenvalue weighted by Gasteiger charge is 2.36. The lowest BCUT2D eigenvalue weighted by molar-refractivity contribution is 0.0145. The fourth-order valence-corrected chi connectivity index (χ4v) is 3.77. The van der Waals surface area contributed by atoms with Gasteiger partial charge < -0.3 is 9.52 Å². The second-order valence-corrected chi connectivity index (χ2v) is 7.38. The minimum Gasteiger partial charge on any atom is -0.468 e. The summed E-state index contributed by atoms with van der Waals surface area (Å²) in [6.45, 7) is 6.56. The molecule has 0 radical (unpaired) electrons. The quantitative estimate of drug-likeness (QED) is 0.868. The Morgan fingerprint density at radius 3 is 2.71 bits per heavy atom. The number of rotatable bonds is 6. The van der Waals surface area contributed by atoms with Crippen LogP contribution in [0.25, 0.3) is 0 Å². The van der Waals surface area contributed by atoms with Gasteiger partial charge in [0, 0.05) is 12.6 Å². The molecule has 0 saturated heterocycles. The molecular formula is C18H29NO2. The molecule has 0 aliphatic heterocycles. The lowest BCUT2D eigenvalue weighted by Gasteiger charge is -2.38. The molecule has 2 aliphatic carbocycles. The van der Waals surface area contributed by atoms with Crippen LogP contribution in [0, 0.1) is 17.8 Å². The maximum absolute atomic E-state index is 10.4. The van der Waals surface area contributed by atoms with Crippen LogP contribution in [0.2, 0.25) is 0 Å². The molecular weight excluding hydrogens is 262 g/mol. The molecule has 2 saturated carbocycles. The molecule has 1 aromatic rings. The van der Waals surface area contributed by atoms with Crippen LogP contribution in [0.5, 0.6) is 0 Å². The first kappa shape index (κ1) is 15.1. The topological polar surface area (TPSA) is 36.6 Å². The summed E-state index contributed by atoms with van der Waals surface area (Å²) in [6.07, 6.45) is 7.60. The molecule has 2 aliphatic rings. The van der Waals surface area contributed by atoms with Gasteiger partial charge in [-0.3, -0.25) is 4.90 Å². The van der Waals surface area contributed by atoms with E-state index in [9.17, 15) is 5.11 Å². The molecule has 0 aromatic carbocycles. The van der Waals surface area contributed by atoms with Gasteiger partial charge in [0.05, 0.1) is 18.9 Å². The Hall–Kier alpha value is -0.800. The molecule has 0 spiro atoms. The highest BCUT2D eigenvalue weighted by molar-refractivity contribution is 5.00. The zero-order valence-electron chi connectivity index (χ0n) is 13.4. The van der Waals surface area contributed by atoms with Gasteiger partial charge >= 0.3 is 0 Å². The van der Waals surface area contributed by atoms with Gasteiger partial charge in [0.25, 0.3) is 0 Å². The van der Waals surface area contributed by atoms with Crippen molar-refractivity contribution in [1.82, 2.24) is 4.90 Å². The lowest BCUT2D eigenvalue weighted by Crippen LogP contribution is -2.40. The molecule has 0 bridgehead atoms. The molecule has 0 amide bonds. The summed E-state index contributed by atoms with van der Waals surface area (Å²) >= 11 is 0. The molecule has 21 heavy (non-hydrogen) atoms. The highest BCUT2D eigenvalue weighted by Crippen LogP contribution is 2.37. The molecule has 2 fully saturated rings. The van der Waals surface area contributed by atoms with Crippen molar-refractivity contribution in [2.45, 2.75) is 64.6 Å². The number of aliphatic hydroxyl groups is 1. The number of furan rings is 1. The number of nitrogens with zero attached hydrogens (tertiary/aromatic N) is 1. The minimum absolute atomic E-state index is 0.113. The van der Waals surface area contributed by atoms with E-state index in [1.165, 1.54) is 25.7 Å². The Kier molecular flexibility index (Phi) is 4.70. The van der Waals surface area contributed by atoms with Gasteiger partial charge in [-0.2, -0.15) is 0 Å². The first-order chi connectivity index (χ1) is 10.1.